The molecule has 0 amide bonds. The van der Waals surface area contributed by atoms with Crippen molar-refractivity contribution in [1.82, 2.24) is 15.1 Å². The van der Waals surface area contributed by atoms with Crippen LogP contribution in [-0.4, -0.2) is 54.6 Å². The van der Waals surface area contributed by atoms with Crippen LogP contribution < -0.4 is 4.90 Å². The van der Waals surface area contributed by atoms with Gasteiger partial charge in [-0.05, 0) is 25.9 Å². The summed E-state index contributed by atoms with van der Waals surface area (Å²) in [5, 5.41) is 9.29. The van der Waals surface area contributed by atoms with E-state index < -0.39 is 0 Å². The van der Waals surface area contributed by atoms with Gasteiger partial charge in [0.2, 0.25) is 5.13 Å². The first kappa shape index (κ1) is 12.1. The van der Waals surface area contributed by atoms with E-state index in [0.29, 0.717) is 0 Å². The van der Waals surface area contributed by atoms with Crippen LogP contribution in [0.1, 0.15) is 12.8 Å². The molecule has 1 aliphatic heterocycles. The Kier molecular flexibility index (Phi) is 4.43. The highest BCUT2D eigenvalue weighted by molar-refractivity contribution is 8.01. The van der Waals surface area contributed by atoms with Gasteiger partial charge in [0.05, 0.1) is 0 Å². The van der Waals surface area contributed by atoms with Crippen molar-refractivity contribution in [3.05, 3.63) is 0 Å². The van der Waals surface area contributed by atoms with E-state index in [1.807, 2.05) is 30.8 Å². The van der Waals surface area contributed by atoms with Crippen molar-refractivity contribution >= 4 is 28.2 Å². The third kappa shape index (κ3) is 3.33. The number of anilines is 1. The predicted molar refractivity (Wildman–Crippen MR) is 70.6 cm³/mol. The van der Waals surface area contributed by atoms with Gasteiger partial charge in [-0.15, -0.1) is 10.2 Å². The van der Waals surface area contributed by atoms with Gasteiger partial charge in [0.1, 0.15) is 0 Å². The number of thioether (sulfide) groups is 1. The van der Waals surface area contributed by atoms with E-state index in [0.717, 1.165) is 15.2 Å². The zero-order valence-electron chi connectivity index (χ0n) is 9.85. The van der Waals surface area contributed by atoms with Gasteiger partial charge in [0, 0.05) is 26.4 Å². The molecular formula is C10H18N4S2. The van der Waals surface area contributed by atoms with Gasteiger partial charge in [-0.1, -0.05) is 23.1 Å². The highest BCUT2D eigenvalue weighted by atomic mass is 32.2. The Morgan fingerprint density at radius 1 is 1.31 bits per heavy atom. The Labute approximate surface area is 105 Å². The Bertz CT molecular complexity index is 320. The molecule has 1 aromatic rings. The lowest BCUT2D eigenvalue weighted by Gasteiger charge is -2.12. The van der Waals surface area contributed by atoms with Crippen molar-refractivity contribution in [3.63, 3.8) is 0 Å². The summed E-state index contributed by atoms with van der Waals surface area (Å²) in [6.07, 6.45) is 2.74. The maximum Gasteiger partial charge on any atom is 0.208 e. The van der Waals surface area contributed by atoms with Crippen LogP contribution in [0, 0.1) is 0 Å². The molecule has 0 radical (unpaired) electrons. The van der Waals surface area contributed by atoms with Gasteiger partial charge in [0.25, 0.3) is 0 Å². The largest absolute Gasteiger partial charge is 0.353 e. The summed E-state index contributed by atoms with van der Waals surface area (Å²) in [6.45, 7) is 3.74. The molecule has 0 aromatic carbocycles. The smallest absolute Gasteiger partial charge is 0.208 e. The molecule has 4 nitrogen and oxygen atoms in total. The van der Waals surface area contributed by atoms with E-state index in [9.17, 15) is 0 Å². The summed E-state index contributed by atoms with van der Waals surface area (Å²) >= 11 is 3.49. The van der Waals surface area contributed by atoms with Crippen LogP contribution in [0.2, 0.25) is 0 Å². The maximum absolute atomic E-state index is 4.17. The van der Waals surface area contributed by atoms with Crippen LogP contribution in [0.4, 0.5) is 5.13 Å². The second-order valence-electron chi connectivity index (χ2n) is 4.14. The third-order valence-electron chi connectivity index (χ3n) is 2.61. The molecule has 0 saturated carbocycles. The summed E-state index contributed by atoms with van der Waals surface area (Å²) in [6, 6.07) is 0. The first-order valence-corrected chi connectivity index (χ1v) is 7.42. The Morgan fingerprint density at radius 2 is 2.06 bits per heavy atom. The van der Waals surface area contributed by atoms with Crippen molar-refractivity contribution < 1.29 is 0 Å². The van der Waals surface area contributed by atoms with E-state index in [1.54, 1.807) is 11.3 Å². The topological polar surface area (TPSA) is 32.3 Å². The van der Waals surface area contributed by atoms with Crippen LogP contribution in [0.15, 0.2) is 4.34 Å². The maximum atomic E-state index is 4.17. The van der Waals surface area contributed by atoms with Gasteiger partial charge in [-0.3, -0.25) is 0 Å². The Balaban J connectivity index is 1.72. The van der Waals surface area contributed by atoms with E-state index in [1.165, 1.54) is 32.5 Å². The van der Waals surface area contributed by atoms with Gasteiger partial charge in [-0.25, -0.2) is 0 Å². The molecule has 1 aliphatic rings. The van der Waals surface area contributed by atoms with Crippen molar-refractivity contribution in [2.75, 3.05) is 44.4 Å². The first-order valence-electron chi connectivity index (χ1n) is 5.61. The highest BCUT2D eigenvalue weighted by Crippen LogP contribution is 2.26. The lowest BCUT2D eigenvalue weighted by molar-refractivity contribution is 0.362. The van der Waals surface area contributed by atoms with Crippen LogP contribution >= 0.6 is 23.1 Å². The van der Waals surface area contributed by atoms with Crippen molar-refractivity contribution in [3.8, 4) is 0 Å². The number of rotatable bonds is 5. The standard InChI is InChI=1S/C10H18N4S2/c1-13(2)9-11-12-10(16-9)15-8-7-14-5-3-4-6-14/h3-8H2,1-2H3. The lowest BCUT2D eigenvalue weighted by atomic mass is 10.4. The molecule has 0 atom stereocenters. The molecule has 0 N–H and O–H groups in total. The zero-order valence-corrected chi connectivity index (χ0v) is 11.5. The van der Waals surface area contributed by atoms with Crippen LogP contribution in [0.3, 0.4) is 0 Å². The molecule has 1 fully saturated rings. The Hall–Kier alpha value is -0.330. The average Bonchev–Trinajstić information content (AvgIpc) is 2.87. The molecule has 16 heavy (non-hydrogen) atoms. The normalized spacial score (nSPS) is 16.9. The summed E-state index contributed by atoms with van der Waals surface area (Å²) < 4.78 is 1.09. The predicted octanol–water partition coefficient (Wildman–Crippen LogP) is 1.79. The molecule has 0 aliphatic carbocycles. The minimum atomic E-state index is 0.990. The molecule has 1 saturated heterocycles. The van der Waals surface area contributed by atoms with E-state index in [2.05, 4.69) is 15.1 Å². The van der Waals surface area contributed by atoms with Crippen molar-refractivity contribution in [1.29, 1.82) is 0 Å². The molecule has 0 bridgehead atoms. The molecule has 2 rings (SSSR count). The highest BCUT2D eigenvalue weighted by Gasteiger charge is 2.11. The fourth-order valence-electron chi connectivity index (χ4n) is 1.71. The number of hydrogen-bond donors (Lipinski definition) is 0. The molecule has 0 unspecified atom stereocenters. The second kappa shape index (κ2) is 5.84. The van der Waals surface area contributed by atoms with E-state index >= 15 is 0 Å². The zero-order chi connectivity index (χ0) is 11.4. The van der Waals surface area contributed by atoms with Crippen molar-refractivity contribution in [2.45, 2.75) is 17.2 Å². The fourth-order valence-corrected chi connectivity index (χ4v) is 3.54. The molecule has 1 aromatic heterocycles. The third-order valence-corrected chi connectivity index (χ3v) is 4.81. The summed E-state index contributed by atoms with van der Waals surface area (Å²) in [7, 11) is 4.00. The minimum Gasteiger partial charge on any atom is -0.353 e. The monoisotopic (exact) mass is 258 g/mol. The quantitative estimate of drug-likeness (QED) is 0.752. The average molecular weight is 258 g/mol. The Morgan fingerprint density at radius 3 is 2.69 bits per heavy atom. The molecule has 90 valence electrons. The summed E-state index contributed by atoms with van der Waals surface area (Å²) in [5.41, 5.74) is 0. The fraction of sp³-hybridized carbons (Fsp3) is 0.800. The van der Waals surface area contributed by atoms with Gasteiger partial charge in [-0.2, -0.15) is 0 Å². The van der Waals surface area contributed by atoms with Crippen LogP contribution in [0.25, 0.3) is 0 Å². The van der Waals surface area contributed by atoms with Gasteiger partial charge in [0.15, 0.2) is 4.34 Å². The van der Waals surface area contributed by atoms with Crippen LogP contribution in [-0.2, 0) is 0 Å². The SMILES string of the molecule is CN(C)c1nnc(SCCN2CCCC2)s1. The first-order chi connectivity index (χ1) is 7.75. The molecular weight excluding hydrogens is 240 g/mol. The van der Waals surface area contributed by atoms with Gasteiger partial charge < -0.3 is 9.80 Å². The number of nitrogens with zero attached hydrogens (tertiary/aromatic N) is 4. The summed E-state index contributed by atoms with van der Waals surface area (Å²) in [4.78, 5) is 4.53. The number of likely N-dealkylation sites (tertiary alicyclic amines) is 1. The summed E-state index contributed by atoms with van der Waals surface area (Å²) in [5.74, 6) is 1.13. The molecule has 0 spiro atoms. The minimum absolute atomic E-state index is 0.990. The van der Waals surface area contributed by atoms with Gasteiger partial charge >= 0.3 is 0 Å². The second-order valence-corrected chi connectivity index (χ2v) is 6.44. The van der Waals surface area contributed by atoms with Crippen molar-refractivity contribution in [2.24, 2.45) is 0 Å². The number of aromatic nitrogens is 2. The van der Waals surface area contributed by atoms with Crippen LogP contribution in [0.5, 0.6) is 0 Å². The molecule has 2 heterocycles. The number of hydrogen-bond acceptors (Lipinski definition) is 6. The van der Waals surface area contributed by atoms with E-state index in [4.69, 9.17) is 0 Å². The lowest BCUT2D eigenvalue weighted by Crippen LogP contribution is -2.21. The van der Waals surface area contributed by atoms with E-state index in [-0.39, 0.29) is 0 Å². The molecule has 6 heteroatoms.